The van der Waals surface area contributed by atoms with E-state index in [2.05, 4.69) is 15.3 Å². The van der Waals surface area contributed by atoms with Crippen LogP contribution in [0.2, 0.25) is 5.02 Å². The first-order valence-electron chi connectivity index (χ1n) is 8.91. The Hall–Kier alpha value is -2.94. The zero-order valence-electron chi connectivity index (χ0n) is 16.5. The normalized spacial score (nSPS) is 11.7. The number of benzene rings is 1. The molecule has 0 radical (unpaired) electrons. The van der Waals surface area contributed by atoms with Crippen molar-refractivity contribution in [3.8, 4) is 0 Å². The number of aryl methyl sites for hydroxylation is 2. The lowest BCUT2D eigenvalue weighted by molar-refractivity contribution is -0.155. The van der Waals surface area contributed by atoms with Crippen molar-refractivity contribution >= 4 is 40.1 Å². The van der Waals surface area contributed by atoms with E-state index in [0.717, 1.165) is 6.20 Å². The van der Waals surface area contributed by atoms with Crippen molar-refractivity contribution in [2.45, 2.75) is 39.3 Å². The molecule has 10 heteroatoms. The molecule has 2 aromatic heterocycles. The van der Waals surface area contributed by atoms with E-state index >= 15 is 0 Å². The SMILES string of the molecule is Cn1c(=O)n(CCC(=O)OC(C)(C)C)c2cc(Nc3nc(F)ncc3Cl)ccc21. The summed E-state index contributed by atoms with van der Waals surface area (Å²) in [5.74, 6) is -0.281. The standard InChI is InChI=1S/C19H21ClFN5O3/c1-19(2,3)29-15(27)7-8-26-14-9-11(5-6-13(14)25(4)18(26)28)23-16-12(20)10-22-17(21)24-16/h5-6,9-10H,7-8H2,1-4H3,(H,22,23,24). The predicted octanol–water partition coefficient (Wildman–Crippen LogP) is 3.40. The maximum atomic E-state index is 13.3. The van der Waals surface area contributed by atoms with Crippen LogP contribution in [0.25, 0.3) is 11.0 Å². The fourth-order valence-corrected chi connectivity index (χ4v) is 3.01. The van der Waals surface area contributed by atoms with Crippen molar-refractivity contribution in [2.24, 2.45) is 7.05 Å². The number of esters is 1. The minimum atomic E-state index is -0.910. The molecule has 0 unspecified atom stereocenters. The summed E-state index contributed by atoms with van der Waals surface area (Å²) in [5.41, 5.74) is 0.992. The van der Waals surface area contributed by atoms with Crippen molar-refractivity contribution in [1.29, 1.82) is 0 Å². The second kappa shape index (κ2) is 7.82. The van der Waals surface area contributed by atoms with E-state index in [4.69, 9.17) is 16.3 Å². The molecule has 0 saturated carbocycles. The molecule has 0 fully saturated rings. The lowest BCUT2D eigenvalue weighted by Crippen LogP contribution is -2.27. The Morgan fingerprint density at radius 2 is 2.03 bits per heavy atom. The Kier molecular flexibility index (Phi) is 5.61. The average Bonchev–Trinajstić information content (AvgIpc) is 2.85. The van der Waals surface area contributed by atoms with Crippen LogP contribution in [-0.2, 0) is 23.1 Å². The van der Waals surface area contributed by atoms with Gasteiger partial charge in [0.15, 0.2) is 5.82 Å². The van der Waals surface area contributed by atoms with E-state index in [0.29, 0.717) is 16.7 Å². The van der Waals surface area contributed by atoms with Gasteiger partial charge in [0.25, 0.3) is 0 Å². The van der Waals surface area contributed by atoms with Gasteiger partial charge in [-0.05, 0) is 39.0 Å². The van der Waals surface area contributed by atoms with Gasteiger partial charge in [-0.2, -0.15) is 9.37 Å². The first kappa shape index (κ1) is 20.8. The Morgan fingerprint density at radius 3 is 2.72 bits per heavy atom. The summed E-state index contributed by atoms with van der Waals surface area (Å²) in [6.07, 6.45) is 0.299. The largest absolute Gasteiger partial charge is 0.460 e. The quantitative estimate of drug-likeness (QED) is 0.501. The summed E-state index contributed by atoms with van der Waals surface area (Å²) in [5, 5.41) is 3.07. The molecule has 3 aromatic rings. The van der Waals surface area contributed by atoms with Gasteiger partial charge in [-0.25, -0.2) is 9.78 Å². The molecule has 3 rings (SSSR count). The van der Waals surface area contributed by atoms with E-state index < -0.39 is 11.7 Å². The Morgan fingerprint density at radius 1 is 1.31 bits per heavy atom. The number of anilines is 2. The molecule has 0 amide bonds. The number of ether oxygens (including phenoxy) is 1. The molecule has 154 valence electrons. The number of halogens is 2. The first-order valence-corrected chi connectivity index (χ1v) is 9.29. The van der Waals surface area contributed by atoms with Gasteiger partial charge < -0.3 is 10.1 Å². The molecule has 29 heavy (non-hydrogen) atoms. The summed E-state index contributed by atoms with van der Waals surface area (Å²) < 4.78 is 21.6. The number of hydrogen-bond acceptors (Lipinski definition) is 6. The molecule has 0 bridgehead atoms. The van der Waals surface area contributed by atoms with E-state index in [1.54, 1.807) is 46.0 Å². The molecule has 2 heterocycles. The Labute approximate surface area is 171 Å². The maximum absolute atomic E-state index is 13.3. The van der Waals surface area contributed by atoms with Gasteiger partial charge in [-0.1, -0.05) is 11.6 Å². The van der Waals surface area contributed by atoms with Crippen LogP contribution in [0.15, 0.2) is 29.2 Å². The predicted molar refractivity (Wildman–Crippen MR) is 108 cm³/mol. The number of hydrogen-bond donors (Lipinski definition) is 1. The second-order valence-corrected chi connectivity index (χ2v) is 7.90. The first-order chi connectivity index (χ1) is 13.5. The fourth-order valence-electron chi connectivity index (χ4n) is 2.87. The summed E-state index contributed by atoms with van der Waals surface area (Å²) in [7, 11) is 1.65. The van der Waals surface area contributed by atoms with Crippen LogP contribution in [0.1, 0.15) is 27.2 Å². The molecule has 0 atom stereocenters. The van der Waals surface area contributed by atoms with E-state index in [1.807, 2.05) is 0 Å². The molecular formula is C19H21ClFN5O3. The molecule has 8 nitrogen and oxygen atoms in total. The molecule has 0 aliphatic carbocycles. The smallest absolute Gasteiger partial charge is 0.328 e. The topological polar surface area (TPSA) is 91.0 Å². The number of nitrogens with zero attached hydrogens (tertiary/aromatic N) is 4. The van der Waals surface area contributed by atoms with E-state index in [9.17, 15) is 14.0 Å². The number of imidazole rings is 1. The number of carbonyl (C=O) groups is 1. The second-order valence-electron chi connectivity index (χ2n) is 7.49. The highest BCUT2D eigenvalue weighted by atomic mass is 35.5. The van der Waals surface area contributed by atoms with Gasteiger partial charge in [0, 0.05) is 19.3 Å². The van der Waals surface area contributed by atoms with Crippen LogP contribution in [0.4, 0.5) is 15.9 Å². The van der Waals surface area contributed by atoms with Gasteiger partial charge in [-0.3, -0.25) is 13.9 Å². The third-order valence-corrected chi connectivity index (χ3v) is 4.36. The van der Waals surface area contributed by atoms with Gasteiger partial charge >= 0.3 is 17.7 Å². The molecule has 1 aromatic carbocycles. The van der Waals surface area contributed by atoms with Crippen LogP contribution in [-0.4, -0.2) is 30.7 Å². The Balaban J connectivity index is 1.91. The molecule has 0 aliphatic rings. The van der Waals surface area contributed by atoms with Crippen molar-refractivity contribution in [2.75, 3.05) is 5.32 Å². The van der Waals surface area contributed by atoms with E-state index in [-0.39, 0.29) is 35.5 Å². The minimum Gasteiger partial charge on any atom is -0.460 e. The van der Waals surface area contributed by atoms with Crippen molar-refractivity contribution in [1.82, 2.24) is 19.1 Å². The molecule has 0 saturated heterocycles. The van der Waals surface area contributed by atoms with Gasteiger partial charge in [0.2, 0.25) is 0 Å². The molecular weight excluding hydrogens is 401 g/mol. The van der Waals surface area contributed by atoms with Crippen LogP contribution in [0.5, 0.6) is 0 Å². The van der Waals surface area contributed by atoms with Gasteiger partial charge in [0.1, 0.15) is 10.6 Å². The number of carbonyl (C=O) groups excluding carboxylic acids is 1. The summed E-state index contributed by atoms with van der Waals surface area (Å²) >= 11 is 6.00. The average molecular weight is 422 g/mol. The van der Waals surface area contributed by atoms with Crippen LogP contribution >= 0.6 is 11.6 Å². The van der Waals surface area contributed by atoms with Crippen molar-refractivity contribution in [3.05, 3.63) is 46.0 Å². The van der Waals surface area contributed by atoms with Gasteiger partial charge in [0.05, 0.1) is 23.7 Å². The number of rotatable bonds is 5. The zero-order chi connectivity index (χ0) is 21.3. The highest BCUT2D eigenvalue weighted by Crippen LogP contribution is 2.25. The molecule has 0 aliphatic heterocycles. The molecule has 0 spiro atoms. The third kappa shape index (κ3) is 4.73. The lowest BCUT2D eigenvalue weighted by atomic mass is 10.2. The maximum Gasteiger partial charge on any atom is 0.328 e. The fraction of sp³-hybridized carbons (Fsp3) is 0.368. The number of fused-ring (bicyclic) bond motifs is 1. The monoisotopic (exact) mass is 421 g/mol. The van der Waals surface area contributed by atoms with E-state index in [1.165, 1.54) is 9.13 Å². The lowest BCUT2D eigenvalue weighted by Gasteiger charge is -2.19. The minimum absolute atomic E-state index is 0.0525. The van der Waals surface area contributed by atoms with Crippen LogP contribution in [0.3, 0.4) is 0 Å². The number of aromatic nitrogens is 4. The van der Waals surface area contributed by atoms with Gasteiger partial charge in [-0.15, -0.1) is 0 Å². The zero-order valence-corrected chi connectivity index (χ0v) is 17.2. The highest BCUT2D eigenvalue weighted by molar-refractivity contribution is 6.32. The van der Waals surface area contributed by atoms with Crippen LogP contribution < -0.4 is 11.0 Å². The summed E-state index contributed by atoms with van der Waals surface area (Å²) in [6, 6.07) is 5.17. The summed E-state index contributed by atoms with van der Waals surface area (Å²) in [4.78, 5) is 31.7. The highest BCUT2D eigenvalue weighted by Gasteiger charge is 2.18. The molecule has 1 N–H and O–H groups in total. The van der Waals surface area contributed by atoms with Crippen molar-refractivity contribution in [3.63, 3.8) is 0 Å². The number of nitrogens with one attached hydrogen (secondary N) is 1. The Bertz CT molecular complexity index is 1130. The van der Waals surface area contributed by atoms with Crippen LogP contribution in [0, 0.1) is 6.08 Å². The third-order valence-electron chi connectivity index (χ3n) is 4.08. The van der Waals surface area contributed by atoms with Crippen molar-refractivity contribution < 1.29 is 13.9 Å². The summed E-state index contributed by atoms with van der Waals surface area (Å²) in [6.45, 7) is 5.52.